The van der Waals surface area contributed by atoms with Gasteiger partial charge in [-0.15, -0.1) is 11.6 Å². The smallest absolute Gasteiger partial charge is 0.0509 e. The molecule has 0 aliphatic carbocycles. The lowest BCUT2D eigenvalue weighted by Crippen LogP contribution is -2.23. The van der Waals surface area contributed by atoms with Crippen molar-refractivity contribution in [2.75, 3.05) is 18.5 Å². The number of benzene rings is 1. The molecule has 0 amide bonds. The fourth-order valence-electron chi connectivity index (χ4n) is 1.68. The molecule has 1 aromatic rings. The van der Waals surface area contributed by atoms with Crippen LogP contribution in [-0.2, 0) is 5.88 Å². The second-order valence-corrected chi connectivity index (χ2v) is 4.82. The first-order valence-electron chi connectivity index (χ1n) is 5.10. The van der Waals surface area contributed by atoms with Crippen LogP contribution in [0.25, 0.3) is 0 Å². The van der Waals surface area contributed by atoms with E-state index in [2.05, 4.69) is 31.9 Å². The van der Waals surface area contributed by atoms with Gasteiger partial charge in [0.05, 0.1) is 5.88 Å². The Kier molecular flexibility index (Phi) is 4.75. The minimum atomic E-state index is 0.456. The third-order valence-electron chi connectivity index (χ3n) is 2.28. The molecule has 0 radical (unpaired) electrons. The summed E-state index contributed by atoms with van der Waals surface area (Å²) in [7, 11) is 2.07. The van der Waals surface area contributed by atoms with Gasteiger partial charge in [-0.25, -0.2) is 0 Å². The Morgan fingerprint density at radius 3 is 2.53 bits per heavy atom. The van der Waals surface area contributed by atoms with E-state index in [4.69, 9.17) is 23.2 Å². The normalized spacial score (nSPS) is 10.8. The van der Waals surface area contributed by atoms with Crippen LogP contribution in [0.15, 0.2) is 18.2 Å². The monoisotopic (exact) mass is 245 g/mol. The number of nitrogens with zero attached hydrogens (tertiary/aromatic N) is 1. The lowest BCUT2D eigenvalue weighted by molar-refractivity contribution is 0.637. The van der Waals surface area contributed by atoms with Crippen molar-refractivity contribution in [2.45, 2.75) is 19.7 Å². The van der Waals surface area contributed by atoms with E-state index in [9.17, 15) is 0 Å². The Bertz CT molecular complexity index is 323. The van der Waals surface area contributed by atoms with Gasteiger partial charge in [-0.2, -0.15) is 0 Å². The van der Waals surface area contributed by atoms with E-state index in [0.717, 1.165) is 22.8 Å². The highest BCUT2D eigenvalue weighted by Gasteiger charge is 2.10. The van der Waals surface area contributed by atoms with Crippen LogP contribution in [0, 0.1) is 5.92 Å². The van der Waals surface area contributed by atoms with E-state index < -0.39 is 0 Å². The molecule has 1 aromatic carbocycles. The van der Waals surface area contributed by atoms with Crippen LogP contribution in [0.5, 0.6) is 0 Å². The molecule has 0 spiro atoms. The fraction of sp³-hybridized carbons (Fsp3) is 0.500. The third-order valence-corrected chi connectivity index (χ3v) is 2.90. The Balaban J connectivity index is 2.97. The predicted molar refractivity (Wildman–Crippen MR) is 69.1 cm³/mol. The molecule has 1 nitrogen and oxygen atoms in total. The van der Waals surface area contributed by atoms with Crippen LogP contribution in [0.3, 0.4) is 0 Å². The van der Waals surface area contributed by atoms with Crippen molar-refractivity contribution >= 4 is 28.9 Å². The second-order valence-electron chi connectivity index (χ2n) is 4.15. The standard InChI is InChI=1S/C12H17Cl2N/c1-9(2)8-15(3)12-6-4-5-11(14)10(12)7-13/h4-6,9H,7-8H2,1-3H3. The third kappa shape index (κ3) is 3.29. The van der Waals surface area contributed by atoms with Crippen molar-refractivity contribution in [1.29, 1.82) is 0 Å². The predicted octanol–water partition coefficient (Wildman–Crippen LogP) is 4.17. The maximum Gasteiger partial charge on any atom is 0.0509 e. The summed E-state index contributed by atoms with van der Waals surface area (Å²) in [5.74, 6) is 1.08. The first-order valence-corrected chi connectivity index (χ1v) is 6.02. The Labute approximate surface area is 102 Å². The van der Waals surface area contributed by atoms with Crippen LogP contribution >= 0.6 is 23.2 Å². The van der Waals surface area contributed by atoms with Gasteiger partial charge in [0.1, 0.15) is 0 Å². The lowest BCUT2D eigenvalue weighted by atomic mass is 10.1. The van der Waals surface area contributed by atoms with Gasteiger partial charge in [-0.3, -0.25) is 0 Å². The van der Waals surface area contributed by atoms with E-state index >= 15 is 0 Å². The van der Waals surface area contributed by atoms with Gasteiger partial charge >= 0.3 is 0 Å². The van der Waals surface area contributed by atoms with Crippen molar-refractivity contribution in [3.63, 3.8) is 0 Å². The van der Waals surface area contributed by atoms with Gasteiger partial charge < -0.3 is 4.90 Å². The Morgan fingerprint density at radius 2 is 2.00 bits per heavy atom. The molecule has 3 heteroatoms. The minimum Gasteiger partial charge on any atom is -0.374 e. The van der Waals surface area contributed by atoms with Gasteiger partial charge in [0.2, 0.25) is 0 Å². The van der Waals surface area contributed by atoms with E-state index in [0.29, 0.717) is 11.8 Å². The molecule has 0 aromatic heterocycles. The first kappa shape index (κ1) is 12.7. The number of alkyl halides is 1. The average Bonchev–Trinajstić information content (AvgIpc) is 2.16. The number of anilines is 1. The summed E-state index contributed by atoms with van der Waals surface area (Å²) in [6, 6.07) is 5.91. The lowest BCUT2D eigenvalue weighted by Gasteiger charge is -2.24. The highest BCUT2D eigenvalue weighted by Crippen LogP contribution is 2.28. The topological polar surface area (TPSA) is 3.24 Å². The van der Waals surface area contributed by atoms with Crippen molar-refractivity contribution in [2.24, 2.45) is 5.92 Å². The Morgan fingerprint density at radius 1 is 1.33 bits per heavy atom. The molecule has 84 valence electrons. The summed E-state index contributed by atoms with van der Waals surface area (Å²) in [6.07, 6.45) is 0. The highest BCUT2D eigenvalue weighted by atomic mass is 35.5. The molecule has 0 saturated heterocycles. The SMILES string of the molecule is CC(C)CN(C)c1cccc(Cl)c1CCl. The van der Waals surface area contributed by atoms with Gasteiger partial charge in [0, 0.05) is 29.9 Å². The Hall–Kier alpha value is -0.400. The summed E-state index contributed by atoms with van der Waals surface area (Å²) in [5, 5.41) is 0.748. The molecular weight excluding hydrogens is 229 g/mol. The molecule has 0 aliphatic heterocycles. The average molecular weight is 246 g/mol. The maximum absolute atomic E-state index is 6.10. The van der Waals surface area contributed by atoms with Gasteiger partial charge in [0.15, 0.2) is 0 Å². The van der Waals surface area contributed by atoms with E-state index in [-0.39, 0.29) is 0 Å². The number of hydrogen-bond donors (Lipinski definition) is 0. The molecule has 1 rings (SSSR count). The van der Waals surface area contributed by atoms with Crippen molar-refractivity contribution < 1.29 is 0 Å². The van der Waals surface area contributed by atoms with Crippen LogP contribution in [-0.4, -0.2) is 13.6 Å². The maximum atomic E-state index is 6.10. The molecule has 0 N–H and O–H groups in total. The number of halogens is 2. The van der Waals surface area contributed by atoms with Gasteiger partial charge in [-0.05, 0) is 18.1 Å². The molecule has 0 unspecified atom stereocenters. The van der Waals surface area contributed by atoms with Crippen molar-refractivity contribution in [3.05, 3.63) is 28.8 Å². The van der Waals surface area contributed by atoms with Crippen LogP contribution in [0.1, 0.15) is 19.4 Å². The summed E-state index contributed by atoms with van der Waals surface area (Å²) in [6.45, 7) is 5.40. The quantitative estimate of drug-likeness (QED) is 0.720. The molecular formula is C12H17Cl2N. The number of rotatable bonds is 4. The molecule has 0 bridgehead atoms. The van der Waals surface area contributed by atoms with E-state index in [1.165, 1.54) is 0 Å². The molecule has 0 fully saturated rings. The van der Waals surface area contributed by atoms with Gasteiger partial charge in [0.25, 0.3) is 0 Å². The van der Waals surface area contributed by atoms with Crippen LogP contribution in [0.2, 0.25) is 5.02 Å². The zero-order valence-corrected chi connectivity index (χ0v) is 10.9. The fourth-order valence-corrected chi connectivity index (χ4v) is 2.27. The largest absolute Gasteiger partial charge is 0.374 e. The molecule has 0 saturated carbocycles. The highest BCUT2D eigenvalue weighted by molar-refractivity contribution is 6.32. The molecule has 15 heavy (non-hydrogen) atoms. The first-order chi connectivity index (χ1) is 7.06. The van der Waals surface area contributed by atoms with E-state index in [1.807, 2.05) is 12.1 Å². The summed E-state index contributed by atoms with van der Waals surface area (Å²) < 4.78 is 0. The zero-order chi connectivity index (χ0) is 11.4. The van der Waals surface area contributed by atoms with Crippen molar-refractivity contribution in [3.8, 4) is 0 Å². The second kappa shape index (κ2) is 5.62. The minimum absolute atomic E-state index is 0.456. The summed E-state index contributed by atoms with van der Waals surface area (Å²) in [4.78, 5) is 2.20. The van der Waals surface area contributed by atoms with Gasteiger partial charge in [-0.1, -0.05) is 31.5 Å². The molecule has 0 heterocycles. The van der Waals surface area contributed by atoms with Crippen LogP contribution < -0.4 is 4.90 Å². The summed E-state index contributed by atoms with van der Waals surface area (Å²) in [5.41, 5.74) is 2.15. The molecule has 0 atom stereocenters. The van der Waals surface area contributed by atoms with Crippen molar-refractivity contribution in [1.82, 2.24) is 0 Å². The molecule has 0 aliphatic rings. The summed E-state index contributed by atoms with van der Waals surface area (Å²) >= 11 is 12.0. The zero-order valence-electron chi connectivity index (χ0n) is 9.43. The number of hydrogen-bond acceptors (Lipinski definition) is 1. The van der Waals surface area contributed by atoms with Crippen LogP contribution in [0.4, 0.5) is 5.69 Å². The van der Waals surface area contributed by atoms with E-state index in [1.54, 1.807) is 0 Å².